The van der Waals surface area contributed by atoms with Crippen LogP contribution in [0.5, 0.6) is 0 Å². The average Bonchev–Trinajstić information content (AvgIpc) is 2.30. The second kappa shape index (κ2) is 5.62. The van der Waals surface area contributed by atoms with Crippen LogP contribution in [0.4, 0.5) is 5.82 Å². The van der Waals surface area contributed by atoms with Gasteiger partial charge < -0.3 is 10.1 Å². The van der Waals surface area contributed by atoms with Crippen LogP contribution < -0.4 is 16.6 Å². The summed E-state index contributed by atoms with van der Waals surface area (Å²) in [6, 6.07) is 0.0488. The van der Waals surface area contributed by atoms with Crippen LogP contribution >= 0.6 is 0 Å². The maximum atomic E-state index is 11.7. The van der Waals surface area contributed by atoms with Gasteiger partial charge in [0.1, 0.15) is 0 Å². The summed E-state index contributed by atoms with van der Waals surface area (Å²) in [4.78, 5) is 23.2. The number of hydrogen-bond donors (Lipinski definition) is 1. The summed E-state index contributed by atoms with van der Waals surface area (Å²) in [7, 11) is 4.56. The molecule has 7 heteroatoms. The van der Waals surface area contributed by atoms with E-state index in [1.807, 2.05) is 6.92 Å². The van der Waals surface area contributed by atoms with Gasteiger partial charge in [-0.1, -0.05) is 0 Å². The first kappa shape index (κ1) is 13.4. The van der Waals surface area contributed by atoms with E-state index in [0.29, 0.717) is 6.61 Å². The summed E-state index contributed by atoms with van der Waals surface area (Å²) in [6.07, 6.45) is 0.754. The fraction of sp³-hybridized carbons (Fsp3) is 0.700. The standard InChI is InChI=1S/C10H18N4O3/c1-7(5-6-17-4)11-8-9(15)13(2)10(16)14(3)12-8/h7H,5-6H2,1-4H3,(H,11,12). The minimum Gasteiger partial charge on any atom is -0.385 e. The molecule has 0 aliphatic carbocycles. The average molecular weight is 242 g/mol. The maximum absolute atomic E-state index is 11.7. The van der Waals surface area contributed by atoms with Crippen molar-refractivity contribution in [2.45, 2.75) is 19.4 Å². The van der Waals surface area contributed by atoms with Gasteiger partial charge in [-0.25, -0.2) is 9.48 Å². The van der Waals surface area contributed by atoms with Gasteiger partial charge in [0, 0.05) is 33.9 Å². The van der Waals surface area contributed by atoms with Crippen molar-refractivity contribution in [3.63, 3.8) is 0 Å². The largest absolute Gasteiger partial charge is 0.385 e. The lowest BCUT2D eigenvalue weighted by molar-refractivity contribution is 0.191. The van der Waals surface area contributed by atoms with Gasteiger partial charge in [-0.3, -0.25) is 9.36 Å². The molecule has 1 aromatic heterocycles. The lowest BCUT2D eigenvalue weighted by Crippen LogP contribution is -2.41. The smallest absolute Gasteiger partial charge is 0.346 e. The van der Waals surface area contributed by atoms with Crippen LogP contribution in [0, 0.1) is 0 Å². The van der Waals surface area contributed by atoms with Crippen LogP contribution in [0.2, 0.25) is 0 Å². The normalized spacial score (nSPS) is 12.5. The minimum atomic E-state index is -0.440. The highest BCUT2D eigenvalue weighted by atomic mass is 16.5. The maximum Gasteiger partial charge on any atom is 0.346 e. The Labute approximate surface area is 99.0 Å². The highest BCUT2D eigenvalue weighted by Gasteiger charge is 2.10. The Morgan fingerprint density at radius 1 is 1.41 bits per heavy atom. The molecule has 1 N–H and O–H groups in total. The number of aryl methyl sites for hydroxylation is 1. The van der Waals surface area contributed by atoms with Crippen LogP contribution in [-0.2, 0) is 18.8 Å². The van der Waals surface area contributed by atoms with E-state index in [-0.39, 0.29) is 11.9 Å². The van der Waals surface area contributed by atoms with E-state index in [4.69, 9.17) is 4.74 Å². The van der Waals surface area contributed by atoms with Crippen molar-refractivity contribution in [3.05, 3.63) is 20.8 Å². The van der Waals surface area contributed by atoms with Crippen LogP contribution in [0.15, 0.2) is 9.59 Å². The SMILES string of the molecule is COCCC(C)Nc1nn(C)c(=O)n(C)c1=O. The molecule has 1 aromatic rings. The summed E-state index contributed by atoms with van der Waals surface area (Å²) >= 11 is 0. The zero-order valence-corrected chi connectivity index (χ0v) is 10.6. The van der Waals surface area contributed by atoms with Crippen molar-refractivity contribution in [1.29, 1.82) is 0 Å². The third-order valence-corrected chi connectivity index (χ3v) is 2.46. The molecule has 0 saturated heterocycles. The molecule has 0 fully saturated rings. The first-order chi connectivity index (χ1) is 7.97. The van der Waals surface area contributed by atoms with Gasteiger partial charge in [-0.2, -0.15) is 0 Å². The Kier molecular flexibility index (Phi) is 4.45. The summed E-state index contributed by atoms with van der Waals surface area (Å²) in [5.74, 6) is 0.179. The van der Waals surface area contributed by atoms with Crippen LogP contribution in [0.1, 0.15) is 13.3 Å². The number of nitrogens with one attached hydrogen (secondary N) is 1. The van der Waals surface area contributed by atoms with E-state index in [2.05, 4.69) is 10.4 Å². The number of methoxy groups -OCH3 is 1. The molecule has 1 unspecified atom stereocenters. The van der Waals surface area contributed by atoms with Crippen LogP contribution in [0.3, 0.4) is 0 Å². The number of nitrogens with zero attached hydrogens (tertiary/aromatic N) is 3. The lowest BCUT2D eigenvalue weighted by Gasteiger charge is -2.14. The first-order valence-electron chi connectivity index (χ1n) is 5.37. The molecule has 0 radical (unpaired) electrons. The molecule has 0 aromatic carbocycles. The number of ether oxygens (including phenoxy) is 1. The quantitative estimate of drug-likeness (QED) is 0.740. The minimum absolute atomic E-state index is 0.0488. The van der Waals surface area contributed by atoms with Gasteiger partial charge in [-0.15, -0.1) is 5.10 Å². The van der Waals surface area contributed by atoms with Gasteiger partial charge >= 0.3 is 5.69 Å². The second-order valence-electron chi connectivity index (χ2n) is 3.95. The highest BCUT2D eigenvalue weighted by molar-refractivity contribution is 5.30. The van der Waals surface area contributed by atoms with E-state index in [9.17, 15) is 9.59 Å². The Bertz CT molecular complexity index is 491. The summed E-state index contributed by atoms with van der Waals surface area (Å²) in [6.45, 7) is 2.52. The predicted octanol–water partition coefficient (Wildman–Crippen LogP) is -0.684. The van der Waals surface area contributed by atoms with E-state index in [0.717, 1.165) is 15.7 Å². The molecule has 96 valence electrons. The first-order valence-corrected chi connectivity index (χ1v) is 5.37. The number of rotatable bonds is 5. The summed E-state index contributed by atoms with van der Waals surface area (Å²) < 4.78 is 7.11. The second-order valence-corrected chi connectivity index (χ2v) is 3.95. The summed E-state index contributed by atoms with van der Waals surface area (Å²) in [5.41, 5.74) is -0.859. The van der Waals surface area contributed by atoms with Crippen LogP contribution in [-0.4, -0.2) is 34.1 Å². The molecule has 0 aliphatic rings. The van der Waals surface area contributed by atoms with Crippen molar-refractivity contribution in [1.82, 2.24) is 14.3 Å². The molecule has 1 heterocycles. The Morgan fingerprint density at radius 3 is 2.65 bits per heavy atom. The third kappa shape index (κ3) is 3.16. The van der Waals surface area contributed by atoms with E-state index in [1.54, 1.807) is 7.11 Å². The third-order valence-electron chi connectivity index (χ3n) is 2.46. The number of anilines is 1. The molecule has 0 bridgehead atoms. The van der Waals surface area contributed by atoms with Gasteiger partial charge in [0.15, 0.2) is 0 Å². The molecule has 0 aliphatic heterocycles. The molecule has 7 nitrogen and oxygen atoms in total. The highest BCUT2D eigenvalue weighted by Crippen LogP contribution is 1.98. The topological polar surface area (TPSA) is 78.2 Å². The van der Waals surface area contributed by atoms with E-state index >= 15 is 0 Å². The van der Waals surface area contributed by atoms with Crippen molar-refractivity contribution in [3.8, 4) is 0 Å². The number of aromatic nitrogens is 3. The van der Waals surface area contributed by atoms with Gasteiger partial charge in [-0.05, 0) is 13.3 Å². The molecule has 1 rings (SSSR count). The fourth-order valence-corrected chi connectivity index (χ4v) is 1.39. The van der Waals surface area contributed by atoms with E-state index in [1.165, 1.54) is 14.1 Å². The molecular formula is C10H18N4O3. The van der Waals surface area contributed by atoms with Gasteiger partial charge in [0.05, 0.1) is 0 Å². The number of hydrogen-bond acceptors (Lipinski definition) is 5. The lowest BCUT2D eigenvalue weighted by atomic mass is 10.2. The van der Waals surface area contributed by atoms with Gasteiger partial charge in [0.25, 0.3) is 5.56 Å². The molecule has 17 heavy (non-hydrogen) atoms. The monoisotopic (exact) mass is 242 g/mol. The zero-order valence-electron chi connectivity index (χ0n) is 10.6. The van der Waals surface area contributed by atoms with E-state index < -0.39 is 11.2 Å². The van der Waals surface area contributed by atoms with Crippen molar-refractivity contribution in [2.24, 2.45) is 14.1 Å². The molecule has 0 saturated carbocycles. The van der Waals surface area contributed by atoms with Crippen molar-refractivity contribution < 1.29 is 4.74 Å². The van der Waals surface area contributed by atoms with Crippen LogP contribution in [0.25, 0.3) is 0 Å². The summed E-state index contributed by atoms with van der Waals surface area (Å²) in [5, 5.41) is 6.87. The predicted molar refractivity (Wildman–Crippen MR) is 64.3 cm³/mol. The Hall–Kier alpha value is -1.63. The zero-order chi connectivity index (χ0) is 13.0. The molecule has 1 atom stereocenters. The van der Waals surface area contributed by atoms with Crippen molar-refractivity contribution >= 4 is 5.82 Å². The van der Waals surface area contributed by atoms with Gasteiger partial charge in [0.2, 0.25) is 5.82 Å². The molecular weight excluding hydrogens is 224 g/mol. The molecule has 0 spiro atoms. The fourth-order valence-electron chi connectivity index (χ4n) is 1.39. The van der Waals surface area contributed by atoms with Crippen molar-refractivity contribution in [2.75, 3.05) is 19.0 Å². The Morgan fingerprint density at radius 2 is 2.06 bits per heavy atom. The Balaban J connectivity index is 2.93. The molecule has 0 amide bonds.